The van der Waals surface area contributed by atoms with Crippen LogP contribution in [0, 0.1) is 0 Å². The van der Waals surface area contributed by atoms with Crippen molar-refractivity contribution in [2.45, 2.75) is 45.7 Å². The lowest BCUT2D eigenvalue weighted by atomic mass is 10.1. The maximum atomic E-state index is 12.4. The molecule has 23 heavy (non-hydrogen) atoms. The highest BCUT2D eigenvalue weighted by atomic mass is 16.2. The summed E-state index contributed by atoms with van der Waals surface area (Å²) < 4.78 is 0. The Morgan fingerprint density at radius 2 is 2.00 bits per heavy atom. The van der Waals surface area contributed by atoms with Crippen molar-refractivity contribution in [2.75, 3.05) is 4.90 Å². The summed E-state index contributed by atoms with van der Waals surface area (Å²) in [5.74, 6) is -0.139. The summed E-state index contributed by atoms with van der Waals surface area (Å²) in [6.45, 7) is 8.10. The zero-order valence-electron chi connectivity index (χ0n) is 14.1. The topological polar surface area (TPSA) is 45.2 Å². The van der Waals surface area contributed by atoms with Crippen molar-refractivity contribution in [3.05, 3.63) is 53.9 Å². The Hall–Kier alpha value is -2.36. The highest BCUT2D eigenvalue weighted by molar-refractivity contribution is 5.94. The zero-order valence-corrected chi connectivity index (χ0v) is 14.1. The highest BCUT2D eigenvalue weighted by Gasteiger charge is 2.27. The number of rotatable bonds is 2. The summed E-state index contributed by atoms with van der Waals surface area (Å²) >= 11 is 0. The smallest absolute Gasteiger partial charge is 0.270 e. The van der Waals surface area contributed by atoms with E-state index in [4.69, 9.17) is 0 Å². The molecule has 1 atom stereocenters. The van der Waals surface area contributed by atoms with Crippen LogP contribution in [0.3, 0.4) is 0 Å². The molecule has 0 spiro atoms. The summed E-state index contributed by atoms with van der Waals surface area (Å²) in [5.41, 5.74) is 3.75. The number of benzene rings is 1. The van der Waals surface area contributed by atoms with Gasteiger partial charge in [0.25, 0.3) is 5.91 Å². The molecule has 0 fully saturated rings. The molecule has 0 aliphatic carbocycles. The number of carbonyl (C=O) groups is 1. The number of fused-ring (bicyclic) bond motifs is 1. The minimum absolute atomic E-state index is 0.139. The molecule has 0 saturated carbocycles. The molecule has 120 valence electrons. The monoisotopic (exact) mass is 309 g/mol. The van der Waals surface area contributed by atoms with Crippen molar-refractivity contribution < 1.29 is 4.79 Å². The van der Waals surface area contributed by atoms with Gasteiger partial charge in [0.15, 0.2) is 0 Å². The normalized spacial score (nSPS) is 17.0. The molecular formula is C19H23N3O. The first-order chi connectivity index (χ1) is 10.8. The molecular weight excluding hydrogens is 286 g/mol. The van der Waals surface area contributed by atoms with Crippen LogP contribution in [0.1, 0.15) is 43.7 Å². The molecule has 1 aromatic heterocycles. The van der Waals surface area contributed by atoms with Gasteiger partial charge in [-0.2, -0.15) is 0 Å². The molecule has 2 heterocycles. The van der Waals surface area contributed by atoms with Gasteiger partial charge in [0.1, 0.15) is 5.69 Å². The molecule has 1 unspecified atom stereocenters. The quantitative estimate of drug-likeness (QED) is 0.920. The minimum atomic E-state index is -0.275. The summed E-state index contributed by atoms with van der Waals surface area (Å²) in [6.07, 6.45) is 2.72. The van der Waals surface area contributed by atoms with Gasteiger partial charge in [0, 0.05) is 29.2 Å². The van der Waals surface area contributed by atoms with Gasteiger partial charge in [0.05, 0.1) is 0 Å². The van der Waals surface area contributed by atoms with E-state index in [0.29, 0.717) is 11.7 Å². The second-order valence-corrected chi connectivity index (χ2v) is 7.16. The number of pyridine rings is 1. The minimum Gasteiger partial charge on any atom is -0.346 e. The van der Waals surface area contributed by atoms with Crippen LogP contribution in [0.15, 0.2) is 42.6 Å². The van der Waals surface area contributed by atoms with Crippen LogP contribution < -0.4 is 10.2 Å². The Morgan fingerprint density at radius 1 is 1.26 bits per heavy atom. The number of hydrogen-bond donors (Lipinski definition) is 1. The average Bonchev–Trinajstić information content (AvgIpc) is 2.81. The molecule has 0 saturated heterocycles. The van der Waals surface area contributed by atoms with Crippen molar-refractivity contribution in [3.63, 3.8) is 0 Å². The molecule has 0 bridgehead atoms. The van der Waals surface area contributed by atoms with E-state index in [1.54, 1.807) is 6.20 Å². The second kappa shape index (κ2) is 5.69. The van der Waals surface area contributed by atoms with Crippen molar-refractivity contribution in [1.82, 2.24) is 10.3 Å². The van der Waals surface area contributed by atoms with E-state index in [2.05, 4.69) is 46.4 Å². The lowest BCUT2D eigenvalue weighted by molar-refractivity contribution is 0.0914. The largest absolute Gasteiger partial charge is 0.346 e. The Balaban J connectivity index is 1.93. The van der Waals surface area contributed by atoms with Crippen LogP contribution in [-0.2, 0) is 6.42 Å². The summed E-state index contributed by atoms with van der Waals surface area (Å²) in [5, 5.41) is 2.96. The van der Waals surface area contributed by atoms with Crippen molar-refractivity contribution in [1.29, 1.82) is 0 Å². The average molecular weight is 309 g/mol. The highest BCUT2D eigenvalue weighted by Crippen LogP contribution is 2.37. The van der Waals surface area contributed by atoms with Crippen LogP contribution >= 0.6 is 0 Å². The zero-order chi connectivity index (χ0) is 16.6. The predicted molar refractivity (Wildman–Crippen MR) is 93.2 cm³/mol. The van der Waals surface area contributed by atoms with Gasteiger partial charge in [-0.1, -0.05) is 18.2 Å². The fourth-order valence-corrected chi connectivity index (χ4v) is 3.06. The first kappa shape index (κ1) is 15.5. The maximum absolute atomic E-state index is 12.4. The fraction of sp³-hybridized carbons (Fsp3) is 0.368. The van der Waals surface area contributed by atoms with E-state index in [0.717, 1.165) is 12.1 Å². The third-order valence-electron chi connectivity index (χ3n) is 3.95. The Labute approximate surface area is 137 Å². The van der Waals surface area contributed by atoms with Gasteiger partial charge in [-0.3, -0.25) is 9.78 Å². The van der Waals surface area contributed by atoms with Crippen LogP contribution in [0.2, 0.25) is 0 Å². The molecule has 1 amide bonds. The number of aromatic nitrogens is 1. The van der Waals surface area contributed by atoms with Crippen LogP contribution in [0.5, 0.6) is 0 Å². The number of nitrogens with one attached hydrogen (secondary N) is 1. The SMILES string of the molecule is CC1Cc2ccccc2N1c1ccnc(C(=O)NC(C)(C)C)c1. The lowest BCUT2D eigenvalue weighted by Gasteiger charge is -2.25. The third kappa shape index (κ3) is 3.21. The summed E-state index contributed by atoms with van der Waals surface area (Å²) in [6, 6.07) is 12.6. The molecule has 1 N–H and O–H groups in total. The predicted octanol–water partition coefficient (Wildman–Crippen LogP) is 3.69. The van der Waals surface area contributed by atoms with E-state index in [1.807, 2.05) is 32.9 Å². The summed E-state index contributed by atoms with van der Waals surface area (Å²) in [7, 11) is 0. The third-order valence-corrected chi connectivity index (χ3v) is 3.95. The van der Waals surface area contributed by atoms with Gasteiger partial charge < -0.3 is 10.2 Å². The lowest BCUT2D eigenvalue weighted by Crippen LogP contribution is -2.41. The van der Waals surface area contributed by atoms with Crippen LogP contribution in [0.25, 0.3) is 0 Å². The molecule has 2 aromatic rings. The van der Waals surface area contributed by atoms with Crippen molar-refractivity contribution in [3.8, 4) is 0 Å². The maximum Gasteiger partial charge on any atom is 0.270 e. The second-order valence-electron chi connectivity index (χ2n) is 7.16. The van der Waals surface area contributed by atoms with E-state index in [9.17, 15) is 4.79 Å². The molecule has 1 aromatic carbocycles. The number of anilines is 2. The molecule has 1 aliphatic rings. The van der Waals surface area contributed by atoms with Gasteiger partial charge in [-0.15, -0.1) is 0 Å². The number of para-hydroxylation sites is 1. The van der Waals surface area contributed by atoms with E-state index < -0.39 is 0 Å². The first-order valence-corrected chi connectivity index (χ1v) is 8.01. The van der Waals surface area contributed by atoms with E-state index in [1.165, 1.54) is 11.3 Å². The number of hydrogen-bond acceptors (Lipinski definition) is 3. The van der Waals surface area contributed by atoms with Crippen LogP contribution in [0.4, 0.5) is 11.4 Å². The van der Waals surface area contributed by atoms with Gasteiger partial charge in [-0.25, -0.2) is 0 Å². The van der Waals surface area contributed by atoms with E-state index in [-0.39, 0.29) is 11.4 Å². The number of nitrogens with zero attached hydrogens (tertiary/aromatic N) is 2. The van der Waals surface area contributed by atoms with Gasteiger partial charge in [0.2, 0.25) is 0 Å². The van der Waals surface area contributed by atoms with E-state index >= 15 is 0 Å². The standard InChI is InChI=1S/C19H23N3O/c1-13-11-14-7-5-6-8-17(14)22(13)15-9-10-20-16(12-15)18(23)21-19(2,3)4/h5-10,12-13H,11H2,1-4H3,(H,21,23). The molecule has 4 nitrogen and oxygen atoms in total. The van der Waals surface area contributed by atoms with Gasteiger partial charge in [-0.05, 0) is 57.9 Å². The molecule has 4 heteroatoms. The Morgan fingerprint density at radius 3 is 2.74 bits per heavy atom. The van der Waals surface area contributed by atoms with Crippen molar-refractivity contribution >= 4 is 17.3 Å². The summed E-state index contributed by atoms with van der Waals surface area (Å²) in [4.78, 5) is 18.9. The molecule has 1 aliphatic heterocycles. The molecule has 3 rings (SSSR count). The van der Waals surface area contributed by atoms with Gasteiger partial charge >= 0.3 is 0 Å². The fourth-order valence-electron chi connectivity index (χ4n) is 3.06. The first-order valence-electron chi connectivity index (χ1n) is 8.01. The van der Waals surface area contributed by atoms with Crippen molar-refractivity contribution in [2.24, 2.45) is 0 Å². The Kier molecular flexibility index (Phi) is 3.84. The molecule has 0 radical (unpaired) electrons. The van der Waals surface area contributed by atoms with Crippen LogP contribution in [-0.4, -0.2) is 22.5 Å². The Bertz CT molecular complexity index is 733. The number of carbonyl (C=O) groups excluding carboxylic acids is 1. The number of amides is 1.